The summed E-state index contributed by atoms with van der Waals surface area (Å²) in [6, 6.07) is 7.05. The molecular formula is C14H18N2O3. The van der Waals surface area contributed by atoms with Crippen LogP contribution >= 0.6 is 0 Å². The lowest BCUT2D eigenvalue weighted by Gasteiger charge is -2.26. The Bertz CT molecular complexity index is 487. The molecule has 2 unspecified atom stereocenters. The summed E-state index contributed by atoms with van der Waals surface area (Å²) in [6.07, 6.45) is 1.03. The van der Waals surface area contributed by atoms with Crippen LogP contribution in [0.2, 0.25) is 0 Å². The van der Waals surface area contributed by atoms with E-state index < -0.39 is 12.0 Å². The molecule has 0 spiro atoms. The predicted octanol–water partition coefficient (Wildman–Crippen LogP) is 1.25. The molecule has 0 radical (unpaired) electrons. The summed E-state index contributed by atoms with van der Waals surface area (Å²) < 4.78 is 0. The van der Waals surface area contributed by atoms with Gasteiger partial charge in [0.15, 0.2) is 0 Å². The van der Waals surface area contributed by atoms with E-state index in [0.717, 1.165) is 11.3 Å². The van der Waals surface area contributed by atoms with E-state index in [1.807, 2.05) is 24.3 Å². The molecule has 2 atom stereocenters. The van der Waals surface area contributed by atoms with E-state index in [4.69, 9.17) is 5.11 Å². The number of para-hydroxylation sites is 1. The number of carboxylic acids is 1. The Labute approximate surface area is 112 Å². The first kappa shape index (κ1) is 13.4. The van der Waals surface area contributed by atoms with Crippen LogP contribution in [-0.4, -0.2) is 29.6 Å². The molecule has 1 aromatic rings. The summed E-state index contributed by atoms with van der Waals surface area (Å²) in [5, 5.41) is 14.7. The van der Waals surface area contributed by atoms with Gasteiger partial charge in [-0.15, -0.1) is 0 Å². The standard InChI is InChI=1S/C14H18N2O3/c1-2-11(14(18)19)16-13(17)10-7-9-5-3-4-6-12(9)15-8-10/h3-6,10-11,15H,2,7-8H2,1H3,(H,16,17)(H,18,19). The van der Waals surface area contributed by atoms with Gasteiger partial charge in [-0.05, 0) is 24.5 Å². The highest BCUT2D eigenvalue weighted by atomic mass is 16.4. The Morgan fingerprint density at radius 3 is 2.89 bits per heavy atom. The van der Waals surface area contributed by atoms with Crippen LogP contribution < -0.4 is 10.6 Å². The van der Waals surface area contributed by atoms with E-state index in [2.05, 4.69) is 10.6 Å². The van der Waals surface area contributed by atoms with E-state index in [1.54, 1.807) is 6.92 Å². The fourth-order valence-electron chi connectivity index (χ4n) is 2.25. The van der Waals surface area contributed by atoms with Crippen LogP contribution in [0.15, 0.2) is 24.3 Å². The highest BCUT2D eigenvalue weighted by Crippen LogP contribution is 2.24. The Balaban J connectivity index is 2.01. The lowest BCUT2D eigenvalue weighted by atomic mass is 9.93. The molecule has 3 N–H and O–H groups in total. The molecule has 0 aliphatic carbocycles. The number of aliphatic carboxylic acids is 1. The Kier molecular flexibility index (Phi) is 4.04. The number of hydrogen-bond donors (Lipinski definition) is 3. The molecule has 1 aliphatic heterocycles. The number of fused-ring (bicyclic) bond motifs is 1. The number of anilines is 1. The van der Waals surface area contributed by atoms with E-state index >= 15 is 0 Å². The summed E-state index contributed by atoms with van der Waals surface area (Å²) in [5.74, 6) is -1.40. The number of carboxylic acid groups (broad SMARTS) is 1. The van der Waals surface area contributed by atoms with Crippen LogP contribution in [0, 0.1) is 5.92 Å². The second kappa shape index (κ2) is 5.73. The minimum Gasteiger partial charge on any atom is -0.480 e. The van der Waals surface area contributed by atoms with Crippen LogP contribution in [0.4, 0.5) is 5.69 Å². The topological polar surface area (TPSA) is 78.4 Å². The van der Waals surface area contributed by atoms with E-state index in [9.17, 15) is 9.59 Å². The molecule has 5 heteroatoms. The van der Waals surface area contributed by atoms with Gasteiger partial charge in [0.25, 0.3) is 0 Å². The number of benzene rings is 1. The summed E-state index contributed by atoms with van der Waals surface area (Å²) >= 11 is 0. The number of nitrogens with one attached hydrogen (secondary N) is 2. The first-order valence-corrected chi connectivity index (χ1v) is 6.46. The van der Waals surface area contributed by atoms with Crippen LogP contribution in [-0.2, 0) is 16.0 Å². The molecule has 5 nitrogen and oxygen atoms in total. The van der Waals surface area contributed by atoms with Crippen molar-refractivity contribution in [2.75, 3.05) is 11.9 Å². The summed E-state index contributed by atoms with van der Waals surface area (Å²) in [6.45, 7) is 2.28. The van der Waals surface area contributed by atoms with Crippen molar-refractivity contribution in [2.24, 2.45) is 5.92 Å². The highest BCUT2D eigenvalue weighted by Gasteiger charge is 2.27. The molecule has 0 saturated heterocycles. The van der Waals surface area contributed by atoms with Gasteiger partial charge in [-0.1, -0.05) is 25.1 Å². The molecule has 1 aliphatic rings. The number of carbonyl (C=O) groups is 2. The predicted molar refractivity (Wildman–Crippen MR) is 72.0 cm³/mol. The van der Waals surface area contributed by atoms with E-state index in [-0.39, 0.29) is 11.8 Å². The third kappa shape index (κ3) is 3.05. The maximum absolute atomic E-state index is 12.1. The zero-order valence-corrected chi connectivity index (χ0v) is 10.8. The molecule has 1 heterocycles. The van der Waals surface area contributed by atoms with Crippen molar-refractivity contribution >= 4 is 17.6 Å². The third-order valence-electron chi connectivity index (χ3n) is 3.42. The Morgan fingerprint density at radius 1 is 1.47 bits per heavy atom. The van der Waals surface area contributed by atoms with Gasteiger partial charge in [-0.3, -0.25) is 4.79 Å². The SMILES string of the molecule is CCC(NC(=O)C1CNc2ccccc2C1)C(=O)O. The van der Waals surface area contributed by atoms with Gasteiger partial charge in [-0.25, -0.2) is 4.79 Å². The van der Waals surface area contributed by atoms with Gasteiger partial charge in [0.05, 0.1) is 5.92 Å². The molecule has 0 bridgehead atoms. The number of hydrogen-bond acceptors (Lipinski definition) is 3. The van der Waals surface area contributed by atoms with Gasteiger partial charge in [-0.2, -0.15) is 0 Å². The first-order chi connectivity index (χ1) is 9.11. The average Bonchev–Trinajstić information content (AvgIpc) is 2.43. The lowest BCUT2D eigenvalue weighted by molar-refractivity contribution is -0.142. The lowest BCUT2D eigenvalue weighted by Crippen LogP contribution is -2.46. The first-order valence-electron chi connectivity index (χ1n) is 6.46. The van der Waals surface area contributed by atoms with Crippen LogP contribution in [0.25, 0.3) is 0 Å². The van der Waals surface area contributed by atoms with Crippen molar-refractivity contribution in [3.05, 3.63) is 29.8 Å². The molecule has 0 saturated carbocycles. The monoisotopic (exact) mass is 262 g/mol. The summed E-state index contributed by atoms with van der Waals surface area (Å²) in [7, 11) is 0. The minimum absolute atomic E-state index is 0.198. The minimum atomic E-state index is -0.986. The number of amides is 1. The van der Waals surface area contributed by atoms with Crippen LogP contribution in [0.3, 0.4) is 0 Å². The van der Waals surface area contributed by atoms with Crippen LogP contribution in [0.1, 0.15) is 18.9 Å². The normalized spacial score (nSPS) is 18.9. The second-order valence-electron chi connectivity index (χ2n) is 4.75. The largest absolute Gasteiger partial charge is 0.480 e. The van der Waals surface area contributed by atoms with Crippen molar-refractivity contribution in [1.82, 2.24) is 5.32 Å². The number of carbonyl (C=O) groups excluding carboxylic acids is 1. The molecule has 0 fully saturated rings. The quantitative estimate of drug-likeness (QED) is 0.763. The summed E-state index contributed by atoms with van der Waals surface area (Å²) in [5.41, 5.74) is 2.15. The Morgan fingerprint density at radius 2 is 2.21 bits per heavy atom. The van der Waals surface area contributed by atoms with Crippen molar-refractivity contribution in [1.29, 1.82) is 0 Å². The average molecular weight is 262 g/mol. The molecular weight excluding hydrogens is 244 g/mol. The molecule has 19 heavy (non-hydrogen) atoms. The fraction of sp³-hybridized carbons (Fsp3) is 0.429. The van der Waals surface area contributed by atoms with Gasteiger partial charge in [0.1, 0.15) is 6.04 Å². The van der Waals surface area contributed by atoms with E-state index in [0.29, 0.717) is 19.4 Å². The zero-order valence-electron chi connectivity index (χ0n) is 10.8. The fourth-order valence-corrected chi connectivity index (χ4v) is 2.25. The van der Waals surface area contributed by atoms with E-state index in [1.165, 1.54) is 0 Å². The molecule has 1 amide bonds. The van der Waals surface area contributed by atoms with Crippen molar-refractivity contribution in [3.8, 4) is 0 Å². The number of rotatable bonds is 4. The van der Waals surface area contributed by atoms with Crippen molar-refractivity contribution < 1.29 is 14.7 Å². The highest BCUT2D eigenvalue weighted by molar-refractivity contribution is 5.86. The molecule has 1 aromatic carbocycles. The third-order valence-corrected chi connectivity index (χ3v) is 3.42. The van der Waals surface area contributed by atoms with Crippen LogP contribution in [0.5, 0.6) is 0 Å². The van der Waals surface area contributed by atoms with Crippen molar-refractivity contribution in [2.45, 2.75) is 25.8 Å². The molecule has 2 rings (SSSR count). The molecule has 102 valence electrons. The van der Waals surface area contributed by atoms with Gasteiger partial charge >= 0.3 is 5.97 Å². The van der Waals surface area contributed by atoms with Crippen molar-refractivity contribution in [3.63, 3.8) is 0 Å². The smallest absolute Gasteiger partial charge is 0.326 e. The van der Waals surface area contributed by atoms with Gasteiger partial charge < -0.3 is 15.7 Å². The zero-order chi connectivity index (χ0) is 13.8. The van der Waals surface area contributed by atoms with Gasteiger partial charge in [0, 0.05) is 12.2 Å². The second-order valence-corrected chi connectivity index (χ2v) is 4.75. The van der Waals surface area contributed by atoms with Gasteiger partial charge in [0.2, 0.25) is 5.91 Å². The maximum atomic E-state index is 12.1. The summed E-state index contributed by atoms with van der Waals surface area (Å²) in [4.78, 5) is 23.0. The maximum Gasteiger partial charge on any atom is 0.326 e. The Hall–Kier alpha value is -2.04. The molecule has 0 aromatic heterocycles.